The Hall–Kier alpha value is -3.22. The van der Waals surface area contributed by atoms with Gasteiger partial charge in [0.05, 0.1) is 17.9 Å². The van der Waals surface area contributed by atoms with Gasteiger partial charge >= 0.3 is 0 Å². The fraction of sp³-hybridized carbons (Fsp3) is 0.125. The highest BCUT2D eigenvalue weighted by molar-refractivity contribution is 6.04. The molecule has 0 radical (unpaired) electrons. The number of carbonyl (C=O) groups excluding carboxylic acids is 1. The highest BCUT2D eigenvalue weighted by atomic mass is 16.3. The summed E-state index contributed by atoms with van der Waals surface area (Å²) in [6, 6.07) is 10.3. The molecule has 0 fully saturated rings. The van der Waals surface area contributed by atoms with E-state index in [1.165, 1.54) is 17.2 Å². The van der Waals surface area contributed by atoms with Gasteiger partial charge in [-0.15, -0.1) is 0 Å². The minimum absolute atomic E-state index is 0.152. The molecule has 1 N–H and O–H groups in total. The molecule has 2 aromatic heterocycles. The first-order chi connectivity index (χ1) is 11.2. The molecule has 7 nitrogen and oxygen atoms in total. The zero-order chi connectivity index (χ0) is 16.2. The van der Waals surface area contributed by atoms with E-state index in [9.17, 15) is 9.59 Å². The molecule has 3 rings (SSSR count). The molecule has 2 heterocycles. The van der Waals surface area contributed by atoms with Crippen molar-refractivity contribution >= 4 is 22.9 Å². The van der Waals surface area contributed by atoms with Gasteiger partial charge in [-0.2, -0.15) is 10.2 Å². The van der Waals surface area contributed by atoms with Crippen LogP contribution in [0.5, 0.6) is 0 Å². The SMILES string of the molecule is CCn1nc(C(=O)N/N=C\c2ccco2)c2ccccc2c1=O. The number of aryl methyl sites for hydroxylation is 1. The van der Waals surface area contributed by atoms with E-state index in [-0.39, 0.29) is 11.3 Å². The topological polar surface area (TPSA) is 89.5 Å². The number of rotatable bonds is 4. The predicted molar refractivity (Wildman–Crippen MR) is 85.4 cm³/mol. The highest BCUT2D eigenvalue weighted by Gasteiger charge is 2.15. The van der Waals surface area contributed by atoms with Crippen molar-refractivity contribution in [3.63, 3.8) is 0 Å². The van der Waals surface area contributed by atoms with Crippen LogP contribution >= 0.6 is 0 Å². The van der Waals surface area contributed by atoms with Crippen molar-refractivity contribution in [1.29, 1.82) is 0 Å². The number of benzene rings is 1. The molecule has 0 unspecified atom stereocenters. The number of aromatic nitrogens is 2. The summed E-state index contributed by atoms with van der Waals surface area (Å²) >= 11 is 0. The second kappa shape index (κ2) is 6.27. The van der Waals surface area contributed by atoms with E-state index in [0.29, 0.717) is 23.1 Å². The second-order valence-electron chi connectivity index (χ2n) is 4.73. The van der Waals surface area contributed by atoms with E-state index < -0.39 is 5.91 Å². The van der Waals surface area contributed by atoms with Crippen molar-refractivity contribution in [2.75, 3.05) is 0 Å². The number of fused-ring (bicyclic) bond motifs is 1. The van der Waals surface area contributed by atoms with Gasteiger partial charge < -0.3 is 4.42 Å². The van der Waals surface area contributed by atoms with Crippen LogP contribution in [0, 0.1) is 0 Å². The summed E-state index contributed by atoms with van der Waals surface area (Å²) in [5.41, 5.74) is 2.32. The fourth-order valence-corrected chi connectivity index (χ4v) is 2.19. The summed E-state index contributed by atoms with van der Waals surface area (Å²) in [5, 5.41) is 8.90. The molecule has 3 aromatic rings. The second-order valence-corrected chi connectivity index (χ2v) is 4.73. The number of hydrogen-bond donors (Lipinski definition) is 1. The smallest absolute Gasteiger partial charge is 0.292 e. The van der Waals surface area contributed by atoms with Crippen LogP contribution in [0.3, 0.4) is 0 Å². The Morgan fingerprint density at radius 1 is 1.30 bits per heavy atom. The molecular formula is C16H14N4O3. The average molecular weight is 310 g/mol. The zero-order valence-electron chi connectivity index (χ0n) is 12.4. The van der Waals surface area contributed by atoms with Crippen LogP contribution in [0.15, 0.2) is 57.0 Å². The third-order valence-corrected chi connectivity index (χ3v) is 3.28. The Labute approximate surface area is 131 Å². The van der Waals surface area contributed by atoms with Crippen molar-refractivity contribution in [2.24, 2.45) is 5.10 Å². The molecule has 0 spiro atoms. The van der Waals surface area contributed by atoms with Crippen LogP contribution in [0.1, 0.15) is 23.2 Å². The molecule has 0 atom stereocenters. The quantitative estimate of drug-likeness (QED) is 0.587. The maximum Gasteiger partial charge on any atom is 0.292 e. The average Bonchev–Trinajstić information content (AvgIpc) is 3.09. The number of hydrogen-bond acceptors (Lipinski definition) is 5. The lowest BCUT2D eigenvalue weighted by Gasteiger charge is -2.08. The zero-order valence-corrected chi connectivity index (χ0v) is 12.4. The maximum atomic E-state index is 12.3. The summed E-state index contributed by atoms with van der Waals surface area (Å²) in [6.07, 6.45) is 2.89. The van der Waals surface area contributed by atoms with Crippen LogP contribution in [0.2, 0.25) is 0 Å². The van der Waals surface area contributed by atoms with Crippen molar-refractivity contribution < 1.29 is 9.21 Å². The lowest BCUT2D eigenvalue weighted by molar-refractivity contribution is 0.0949. The van der Waals surface area contributed by atoms with Crippen LogP contribution in [-0.4, -0.2) is 21.9 Å². The maximum absolute atomic E-state index is 12.3. The number of hydrazone groups is 1. The number of amides is 1. The third-order valence-electron chi connectivity index (χ3n) is 3.28. The van der Waals surface area contributed by atoms with Gasteiger partial charge in [-0.3, -0.25) is 9.59 Å². The van der Waals surface area contributed by atoms with Gasteiger partial charge in [0.2, 0.25) is 0 Å². The third kappa shape index (κ3) is 2.89. The Bertz CT molecular complexity index is 926. The van der Waals surface area contributed by atoms with Crippen molar-refractivity contribution in [3.05, 3.63) is 64.5 Å². The molecule has 1 aromatic carbocycles. The molecule has 0 saturated heterocycles. The molecular weight excluding hydrogens is 296 g/mol. The standard InChI is InChI=1S/C16H14N4O3/c1-2-20-16(22)13-8-4-3-7-12(13)14(19-20)15(21)18-17-10-11-6-5-9-23-11/h3-10H,2H2,1H3,(H,18,21)/b17-10-. The molecule has 0 saturated carbocycles. The number of nitrogens with zero attached hydrogens (tertiary/aromatic N) is 3. The van der Waals surface area contributed by atoms with Crippen molar-refractivity contribution in [2.45, 2.75) is 13.5 Å². The van der Waals surface area contributed by atoms with E-state index in [1.54, 1.807) is 43.3 Å². The monoisotopic (exact) mass is 310 g/mol. The molecule has 116 valence electrons. The van der Waals surface area contributed by atoms with Gasteiger partial charge in [-0.25, -0.2) is 10.1 Å². The minimum atomic E-state index is -0.494. The van der Waals surface area contributed by atoms with Gasteiger partial charge in [0.15, 0.2) is 5.69 Å². The molecule has 0 aliphatic heterocycles. The number of nitrogens with one attached hydrogen (secondary N) is 1. The van der Waals surface area contributed by atoms with Crippen LogP contribution in [-0.2, 0) is 6.54 Å². The first-order valence-electron chi connectivity index (χ1n) is 7.07. The fourth-order valence-electron chi connectivity index (χ4n) is 2.19. The summed E-state index contributed by atoms with van der Waals surface area (Å²) in [7, 11) is 0. The van der Waals surface area contributed by atoms with Crippen molar-refractivity contribution in [3.8, 4) is 0 Å². The van der Waals surface area contributed by atoms with Crippen molar-refractivity contribution in [1.82, 2.24) is 15.2 Å². The normalized spacial score (nSPS) is 11.2. The summed E-state index contributed by atoms with van der Waals surface area (Å²) in [5.74, 6) is 0.0212. The molecule has 1 amide bonds. The predicted octanol–water partition coefficient (Wildman–Crippen LogP) is 1.77. The molecule has 0 aliphatic carbocycles. The van der Waals surface area contributed by atoms with Gasteiger partial charge in [-0.05, 0) is 25.1 Å². The Morgan fingerprint density at radius 2 is 2.09 bits per heavy atom. The van der Waals surface area contributed by atoms with Gasteiger partial charge in [0, 0.05) is 11.9 Å². The molecule has 0 aliphatic rings. The van der Waals surface area contributed by atoms with E-state index >= 15 is 0 Å². The molecule has 0 bridgehead atoms. The molecule has 7 heteroatoms. The Morgan fingerprint density at radius 3 is 2.78 bits per heavy atom. The van der Waals surface area contributed by atoms with Gasteiger partial charge in [0.1, 0.15) is 5.76 Å². The summed E-state index contributed by atoms with van der Waals surface area (Å²) in [6.45, 7) is 2.17. The first kappa shape index (κ1) is 14.7. The van der Waals surface area contributed by atoms with E-state index in [4.69, 9.17) is 4.42 Å². The number of carbonyl (C=O) groups is 1. The highest BCUT2D eigenvalue weighted by Crippen LogP contribution is 2.13. The largest absolute Gasteiger partial charge is 0.463 e. The Kier molecular flexibility index (Phi) is 4.01. The molecule has 23 heavy (non-hydrogen) atoms. The van der Waals surface area contributed by atoms with E-state index in [0.717, 1.165) is 0 Å². The Balaban J connectivity index is 1.97. The summed E-state index contributed by atoms with van der Waals surface area (Å²) in [4.78, 5) is 24.6. The first-order valence-corrected chi connectivity index (χ1v) is 7.07. The van der Waals surface area contributed by atoms with Crippen LogP contribution in [0.4, 0.5) is 0 Å². The number of furan rings is 1. The van der Waals surface area contributed by atoms with Crippen LogP contribution < -0.4 is 11.0 Å². The van der Waals surface area contributed by atoms with E-state index in [2.05, 4.69) is 15.6 Å². The van der Waals surface area contributed by atoms with Crippen LogP contribution in [0.25, 0.3) is 10.8 Å². The lowest BCUT2D eigenvalue weighted by atomic mass is 10.1. The lowest BCUT2D eigenvalue weighted by Crippen LogP contribution is -2.28. The van der Waals surface area contributed by atoms with Gasteiger partial charge in [-0.1, -0.05) is 18.2 Å². The minimum Gasteiger partial charge on any atom is -0.463 e. The van der Waals surface area contributed by atoms with E-state index in [1.807, 2.05) is 0 Å². The summed E-state index contributed by atoms with van der Waals surface area (Å²) < 4.78 is 6.34. The van der Waals surface area contributed by atoms with Gasteiger partial charge in [0.25, 0.3) is 11.5 Å².